The largest absolute Gasteiger partial charge is 0.331 e. The number of rotatable bonds is 3. The van der Waals surface area contributed by atoms with Gasteiger partial charge in [0.15, 0.2) is 0 Å². The van der Waals surface area contributed by atoms with Gasteiger partial charge in [-0.1, -0.05) is 24.3 Å². The van der Waals surface area contributed by atoms with Crippen LogP contribution in [-0.2, 0) is 0 Å². The van der Waals surface area contributed by atoms with Gasteiger partial charge in [-0.25, -0.2) is 9.37 Å². The highest BCUT2D eigenvalue weighted by atomic mass is 19.1. The maximum absolute atomic E-state index is 12.9. The molecule has 3 rings (SSSR count). The van der Waals surface area contributed by atoms with Crippen molar-refractivity contribution in [3.05, 3.63) is 71.8 Å². The van der Waals surface area contributed by atoms with Gasteiger partial charge in [0.25, 0.3) is 5.91 Å². The van der Waals surface area contributed by atoms with Crippen molar-refractivity contribution in [3.63, 3.8) is 0 Å². The molecule has 1 amide bonds. The first-order valence-corrected chi connectivity index (χ1v) is 6.85. The summed E-state index contributed by atoms with van der Waals surface area (Å²) in [6.07, 6.45) is 1.36. The predicted molar refractivity (Wildman–Crippen MR) is 81.8 cm³/mol. The molecule has 0 unspecified atom stereocenters. The van der Waals surface area contributed by atoms with Crippen LogP contribution in [0.2, 0.25) is 0 Å². The number of hydrogen-bond donors (Lipinski definition) is 1. The van der Waals surface area contributed by atoms with Gasteiger partial charge in [0.1, 0.15) is 17.6 Å². The number of nitrogens with one attached hydrogen (secondary N) is 1. The monoisotopic (exact) mass is 306 g/mol. The normalized spacial score (nSPS) is 11.7. The van der Waals surface area contributed by atoms with E-state index in [0.29, 0.717) is 16.6 Å². The van der Waals surface area contributed by atoms with Crippen LogP contribution in [0.25, 0.3) is 11.0 Å². The van der Waals surface area contributed by atoms with Crippen molar-refractivity contribution < 1.29 is 9.18 Å². The van der Waals surface area contributed by atoms with Crippen LogP contribution in [0.5, 0.6) is 0 Å². The van der Waals surface area contributed by atoms with Crippen LogP contribution in [0.15, 0.2) is 54.7 Å². The number of nitrogens with zero attached hydrogens (tertiary/aromatic N) is 3. The van der Waals surface area contributed by atoms with Crippen molar-refractivity contribution in [3.8, 4) is 6.07 Å². The van der Waals surface area contributed by atoms with Crippen LogP contribution < -0.4 is 5.32 Å². The molecule has 5 nitrogen and oxygen atoms in total. The highest BCUT2D eigenvalue weighted by molar-refractivity contribution is 5.94. The smallest absolute Gasteiger partial charge is 0.272 e. The zero-order chi connectivity index (χ0) is 16.2. The molecule has 0 saturated carbocycles. The van der Waals surface area contributed by atoms with Crippen molar-refractivity contribution >= 4 is 16.9 Å². The van der Waals surface area contributed by atoms with E-state index in [1.54, 1.807) is 18.2 Å². The van der Waals surface area contributed by atoms with E-state index < -0.39 is 17.8 Å². The molecule has 2 aromatic carbocycles. The lowest BCUT2D eigenvalue weighted by molar-refractivity contribution is 0.0940. The highest BCUT2D eigenvalue weighted by Crippen LogP contribution is 2.14. The molecule has 23 heavy (non-hydrogen) atoms. The van der Waals surface area contributed by atoms with E-state index in [2.05, 4.69) is 15.3 Å². The molecule has 0 saturated heterocycles. The Morgan fingerprint density at radius 1 is 1.13 bits per heavy atom. The van der Waals surface area contributed by atoms with Gasteiger partial charge in [-0.15, -0.1) is 0 Å². The fraction of sp³-hybridized carbons (Fsp3) is 0.0588. The minimum Gasteiger partial charge on any atom is -0.331 e. The molecule has 0 spiro atoms. The number of halogens is 1. The lowest BCUT2D eigenvalue weighted by Crippen LogP contribution is -2.28. The summed E-state index contributed by atoms with van der Waals surface area (Å²) in [7, 11) is 0. The average Bonchev–Trinajstić information content (AvgIpc) is 2.60. The molecule has 0 fully saturated rings. The first kappa shape index (κ1) is 14.6. The van der Waals surface area contributed by atoms with Gasteiger partial charge < -0.3 is 5.32 Å². The van der Waals surface area contributed by atoms with Crippen LogP contribution in [0.3, 0.4) is 0 Å². The van der Waals surface area contributed by atoms with Gasteiger partial charge in [0.2, 0.25) is 0 Å². The summed E-state index contributed by atoms with van der Waals surface area (Å²) in [6.45, 7) is 0. The molecule has 0 aliphatic heterocycles. The highest BCUT2D eigenvalue weighted by Gasteiger charge is 2.16. The number of aromatic nitrogens is 2. The molecule has 1 N–H and O–H groups in total. The first-order chi connectivity index (χ1) is 11.2. The van der Waals surface area contributed by atoms with E-state index in [9.17, 15) is 14.4 Å². The maximum atomic E-state index is 12.9. The Morgan fingerprint density at radius 2 is 1.83 bits per heavy atom. The Morgan fingerprint density at radius 3 is 2.52 bits per heavy atom. The lowest BCUT2D eigenvalue weighted by Gasteiger charge is -2.11. The second-order valence-electron chi connectivity index (χ2n) is 4.83. The van der Waals surface area contributed by atoms with Gasteiger partial charge in [-0.3, -0.25) is 9.78 Å². The quantitative estimate of drug-likeness (QED) is 0.807. The van der Waals surface area contributed by atoms with Crippen molar-refractivity contribution in [2.75, 3.05) is 0 Å². The van der Waals surface area contributed by atoms with Gasteiger partial charge in [-0.2, -0.15) is 5.26 Å². The number of nitriles is 1. The summed E-state index contributed by atoms with van der Waals surface area (Å²) in [5.41, 5.74) is 1.89. The Kier molecular flexibility index (Phi) is 3.93. The second-order valence-corrected chi connectivity index (χ2v) is 4.83. The van der Waals surface area contributed by atoms with E-state index in [1.807, 2.05) is 12.1 Å². The molecule has 3 aromatic rings. The Labute approximate surface area is 131 Å². The molecular weight excluding hydrogens is 295 g/mol. The average molecular weight is 306 g/mol. The van der Waals surface area contributed by atoms with E-state index >= 15 is 0 Å². The number of benzene rings is 2. The number of amides is 1. The number of carbonyl (C=O) groups excluding carboxylic acids is 1. The summed E-state index contributed by atoms with van der Waals surface area (Å²) in [6, 6.07) is 13.6. The van der Waals surface area contributed by atoms with Crippen molar-refractivity contribution in [1.82, 2.24) is 15.3 Å². The topological polar surface area (TPSA) is 78.7 Å². The van der Waals surface area contributed by atoms with Crippen LogP contribution in [0.4, 0.5) is 4.39 Å². The molecule has 0 bridgehead atoms. The number of para-hydroxylation sites is 2. The molecule has 6 heteroatoms. The van der Waals surface area contributed by atoms with Crippen LogP contribution in [-0.4, -0.2) is 15.9 Å². The standard InChI is InChI=1S/C17H11FN4O/c18-12-7-5-11(6-8-12)15(9-19)22-17(23)16-10-20-13-3-1-2-4-14(13)21-16/h1-8,10,15H,(H,22,23)/t15-/m0/s1. The Hall–Kier alpha value is -3.33. The summed E-state index contributed by atoms with van der Waals surface area (Å²) >= 11 is 0. The maximum Gasteiger partial charge on any atom is 0.272 e. The van der Waals surface area contributed by atoms with Gasteiger partial charge in [0.05, 0.1) is 23.3 Å². The third-order valence-electron chi connectivity index (χ3n) is 3.29. The molecule has 1 aromatic heterocycles. The second kappa shape index (κ2) is 6.20. The molecular formula is C17H11FN4O. The predicted octanol–water partition coefficient (Wildman–Crippen LogP) is 2.76. The minimum atomic E-state index is -0.892. The van der Waals surface area contributed by atoms with Crippen molar-refractivity contribution in [2.24, 2.45) is 0 Å². The zero-order valence-electron chi connectivity index (χ0n) is 11.9. The third kappa shape index (κ3) is 3.14. The van der Waals surface area contributed by atoms with Gasteiger partial charge in [-0.05, 0) is 29.8 Å². The Bertz CT molecular complexity index is 902. The van der Waals surface area contributed by atoms with E-state index in [-0.39, 0.29) is 5.69 Å². The Balaban J connectivity index is 1.83. The van der Waals surface area contributed by atoms with Crippen LogP contribution >= 0.6 is 0 Å². The van der Waals surface area contributed by atoms with Crippen molar-refractivity contribution in [1.29, 1.82) is 5.26 Å². The van der Waals surface area contributed by atoms with Crippen LogP contribution in [0, 0.1) is 17.1 Å². The molecule has 112 valence electrons. The molecule has 0 aliphatic carbocycles. The van der Waals surface area contributed by atoms with E-state index in [4.69, 9.17) is 0 Å². The number of hydrogen-bond acceptors (Lipinski definition) is 4. The van der Waals surface area contributed by atoms with E-state index in [1.165, 1.54) is 30.5 Å². The molecule has 0 aliphatic rings. The fourth-order valence-corrected chi connectivity index (χ4v) is 2.12. The fourth-order valence-electron chi connectivity index (χ4n) is 2.12. The van der Waals surface area contributed by atoms with Crippen LogP contribution in [0.1, 0.15) is 22.1 Å². The minimum absolute atomic E-state index is 0.117. The molecule has 0 radical (unpaired) electrons. The van der Waals surface area contributed by atoms with Crippen molar-refractivity contribution in [2.45, 2.75) is 6.04 Å². The summed E-state index contributed by atoms with van der Waals surface area (Å²) in [5.74, 6) is -0.920. The molecule has 1 atom stereocenters. The number of fused-ring (bicyclic) bond motifs is 1. The summed E-state index contributed by atoms with van der Waals surface area (Å²) < 4.78 is 12.9. The SMILES string of the molecule is N#C[C@H](NC(=O)c1cnc2ccccc2n1)c1ccc(F)cc1. The number of carbonyl (C=O) groups is 1. The zero-order valence-corrected chi connectivity index (χ0v) is 11.9. The van der Waals surface area contributed by atoms with Gasteiger partial charge >= 0.3 is 0 Å². The lowest BCUT2D eigenvalue weighted by atomic mass is 10.1. The third-order valence-corrected chi connectivity index (χ3v) is 3.29. The van der Waals surface area contributed by atoms with E-state index in [0.717, 1.165) is 0 Å². The van der Waals surface area contributed by atoms with Gasteiger partial charge in [0, 0.05) is 0 Å². The summed E-state index contributed by atoms with van der Waals surface area (Å²) in [5, 5.41) is 11.8. The molecule has 1 heterocycles. The summed E-state index contributed by atoms with van der Waals surface area (Å²) in [4.78, 5) is 20.6. The first-order valence-electron chi connectivity index (χ1n) is 6.85.